The van der Waals surface area contributed by atoms with Crippen molar-refractivity contribution in [2.75, 3.05) is 5.32 Å². The molecule has 5 rings (SSSR count). The molecule has 2 fully saturated rings. The molecule has 142 valence electrons. The summed E-state index contributed by atoms with van der Waals surface area (Å²) in [6.07, 6.45) is 9.82. The maximum atomic E-state index is 15.1. The fraction of sp³-hybridized carbons (Fsp3) is 0.526. The number of anilines is 1. The highest BCUT2D eigenvalue weighted by Crippen LogP contribution is 2.37. The van der Waals surface area contributed by atoms with Crippen LogP contribution in [0.1, 0.15) is 60.5 Å². The zero-order valence-corrected chi connectivity index (χ0v) is 15.0. The van der Waals surface area contributed by atoms with Gasteiger partial charge in [-0.3, -0.25) is 9.48 Å². The molecule has 3 aliphatic rings. The lowest BCUT2D eigenvalue weighted by molar-refractivity contribution is 0.0966. The SMILES string of the molecule is N[C@H]1CCCCC1Nc1nc(-c2cnn(C3CC3)c2)c2c(c1F)CNC2=O. The van der Waals surface area contributed by atoms with Gasteiger partial charge in [0.15, 0.2) is 11.6 Å². The van der Waals surface area contributed by atoms with E-state index in [0.717, 1.165) is 44.1 Å². The molecule has 27 heavy (non-hydrogen) atoms. The van der Waals surface area contributed by atoms with E-state index in [-0.39, 0.29) is 30.4 Å². The normalized spacial score (nSPS) is 24.6. The van der Waals surface area contributed by atoms with Crippen molar-refractivity contribution in [1.29, 1.82) is 0 Å². The number of nitrogens with zero attached hydrogens (tertiary/aromatic N) is 3. The van der Waals surface area contributed by atoms with Crippen LogP contribution in [0.15, 0.2) is 12.4 Å². The molecular formula is C19H23FN6O. The molecule has 1 unspecified atom stereocenters. The summed E-state index contributed by atoms with van der Waals surface area (Å²) < 4.78 is 17.0. The molecule has 0 aromatic carbocycles. The minimum Gasteiger partial charge on any atom is -0.363 e. The molecule has 3 heterocycles. The maximum absolute atomic E-state index is 15.1. The van der Waals surface area contributed by atoms with Gasteiger partial charge in [-0.25, -0.2) is 9.37 Å². The number of pyridine rings is 1. The summed E-state index contributed by atoms with van der Waals surface area (Å²) >= 11 is 0. The molecule has 1 amide bonds. The van der Waals surface area contributed by atoms with Gasteiger partial charge in [0.25, 0.3) is 5.91 Å². The van der Waals surface area contributed by atoms with Gasteiger partial charge in [0.2, 0.25) is 0 Å². The van der Waals surface area contributed by atoms with Gasteiger partial charge in [-0.15, -0.1) is 0 Å². The van der Waals surface area contributed by atoms with Crippen molar-refractivity contribution in [3.05, 3.63) is 29.3 Å². The first-order valence-electron chi connectivity index (χ1n) is 9.69. The van der Waals surface area contributed by atoms with Gasteiger partial charge in [0, 0.05) is 36.0 Å². The molecule has 0 spiro atoms. The van der Waals surface area contributed by atoms with Crippen molar-refractivity contribution in [3.63, 3.8) is 0 Å². The third-order valence-electron chi connectivity index (χ3n) is 5.83. The average molecular weight is 370 g/mol. The molecule has 0 saturated heterocycles. The van der Waals surface area contributed by atoms with Crippen molar-refractivity contribution in [3.8, 4) is 11.3 Å². The Morgan fingerprint density at radius 3 is 2.85 bits per heavy atom. The highest BCUT2D eigenvalue weighted by Gasteiger charge is 2.33. The van der Waals surface area contributed by atoms with Crippen LogP contribution in [0, 0.1) is 5.82 Å². The lowest BCUT2D eigenvalue weighted by atomic mass is 9.91. The molecule has 2 atom stereocenters. The van der Waals surface area contributed by atoms with E-state index < -0.39 is 5.82 Å². The van der Waals surface area contributed by atoms with Crippen molar-refractivity contribution < 1.29 is 9.18 Å². The Bertz CT molecular complexity index is 906. The summed E-state index contributed by atoms with van der Waals surface area (Å²) in [6.45, 7) is 0.178. The lowest BCUT2D eigenvalue weighted by Gasteiger charge is -2.30. The van der Waals surface area contributed by atoms with Gasteiger partial charge in [-0.05, 0) is 25.7 Å². The molecule has 2 aromatic rings. The van der Waals surface area contributed by atoms with Crippen molar-refractivity contribution in [2.24, 2.45) is 5.73 Å². The predicted octanol–water partition coefficient (Wildman–Crippen LogP) is 2.34. The Kier molecular flexibility index (Phi) is 3.89. The summed E-state index contributed by atoms with van der Waals surface area (Å²) in [7, 11) is 0. The number of nitrogens with one attached hydrogen (secondary N) is 2. The van der Waals surface area contributed by atoms with Crippen LogP contribution < -0.4 is 16.4 Å². The van der Waals surface area contributed by atoms with Crippen LogP contribution in [0.3, 0.4) is 0 Å². The second kappa shape index (κ2) is 6.30. The van der Waals surface area contributed by atoms with Gasteiger partial charge in [-0.2, -0.15) is 5.10 Å². The Hall–Kier alpha value is -2.48. The van der Waals surface area contributed by atoms with E-state index in [0.29, 0.717) is 22.9 Å². The number of aromatic nitrogens is 3. The summed E-state index contributed by atoms with van der Waals surface area (Å²) in [5.74, 6) is -0.562. The number of carbonyl (C=O) groups is 1. The molecule has 2 aliphatic carbocycles. The van der Waals surface area contributed by atoms with Crippen LogP contribution in [0.5, 0.6) is 0 Å². The Morgan fingerprint density at radius 2 is 2.07 bits per heavy atom. The first-order valence-corrected chi connectivity index (χ1v) is 9.69. The number of fused-ring (bicyclic) bond motifs is 1. The quantitative estimate of drug-likeness (QED) is 0.767. The van der Waals surface area contributed by atoms with E-state index in [1.165, 1.54) is 0 Å². The zero-order chi connectivity index (χ0) is 18.5. The van der Waals surface area contributed by atoms with Gasteiger partial charge in [0.05, 0.1) is 23.5 Å². The van der Waals surface area contributed by atoms with E-state index in [4.69, 9.17) is 5.73 Å². The molecule has 0 bridgehead atoms. The van der Waals surface area contributed by atoms with Crippen LogP contribution in [-0.4, -0.2) is 32.8 Å². The second-order valence-electron chi connectivity index (χ2n) is 7.80. The molecule has 0 radical (unpaired) electrons. The largest absolute Gasteiger partial charge is 0.363 e. The smallest absolute Gasteiger partial charge is 0.254 e. The van der Waals surface area contributed by atoms with E-state index in [1.807, 2.05) is 10.9 Å². The molecule has 1 aliphatic heterocycles. The Labute approximate surface area is 156 Å². The van der Waals surface area contributed by atoms with Crippen LogP contribution in [0.25, 0.3) is 11.3 Å². The van der Waals surface area contributed by atoms with Gasteiger partial charge < -0.3 is 16.4 Å². The third kappa shape index (κ3) is 2.88. The zero-order valence-electron chi connectivity index (χ0n) is 15.0. The Morgan fingerprint density at radius 1 is 1.26 bits per heavy atom. The van der Waals surface area contributed by atoms with E-state index in [9.17, 15) is 4.79 Å². The molecule has 7 nitrogen and oxygen atoms in total. The number of rotatable bonds is 4. The molecule has 4 N–H and O–H groups in total. The van der Waals surface area contributed by atoms with Gasteiger partial charge >= 0.3 is 0 Å². The number of amides is 1. The number of nitrogens with two attached hydrogens (primary N) is 1. The summed E-state index contributed by atoms with van der Waals surface area (Å²) in [5.41, 5.74) is 8.13. The second-order valence-corrected chi connectivity index (χ2v) is 7.80. The number of carbonyl (C=O) groups excluding carboxylic acids is 1. The standard InChI is InChI=1S/C19H23FN6O/c20-16-12-8-22-19(27)15(12)17(10-7-23-26(9-10)11-5-6-11)25-18(16)24-14-4-2-1-3-13(14)21/h7,9,11,13-14H,1-6,8,21H2,(H,22,27)(H,24,25)/t13-,14?/m0/s1. The summed E-state index contributed by atoms with van der Waals surface area (Å²) in [6, 6.07) is 0.402. The molecular weight excluding hydrogens is 347 g/mol. The topological polar surface area (TPSA) is 97.9 Å². The van der Waals surface area contributed by atoms with E-state index in [1.54, 1.807) is 6.20 Å². The van der Waals surface area contributed by atoms with Crippen LogP contribution in [-0.2, 0) is 6.54 Å². The van der Waals surface area contributed by atoms with Crippen LogP contribution in [0.4, 0.5) is 10.2 Å². The number of hydrogen-bond acceptors (Lipinski definition) is 5. The molecule has 8 heteroatoms. The van der Waals surface area contributed by atoms with Crippen molar-refractivity contribution >= 4 is 11.7 Å². The fourth-order valence-corrected chi connectivity index (χ4v) is 4.10. The number of hydrogen-bond donors (Lipinski definition) is 3. The van der Waals surface area contributed by atoms with Gasteiger partial charge in [0.1, 0.15) is 0 Å². The first-order chi connectivity index (χ1) is 13.1. The minimum atomic E-state index is -0.459. The van der Waals surface area contributed by atoms with Crippen LogP contribution >= 0.6 is 0 Å². The monoisotopic (exact) mass is 370 g/mol. The lowest BCUT2D eigenvalue weighted by Crippen LogP contribution is -2.43. The molecule has 2 aromatic heterocycles. The summed E-state index contributed by atoms with van der Waals surface area (Å²) in [4.78, 5) is 16.9. The molecule has 2 saturated carbocycles. The predicted molar refractivity (Wildman–Crippen MR) is 98.7 cm³/mol. The maximum Gasteiger partial charge on any atom is 0.254 e. The fourth-order valence-electron chi connectivity index (χ4n) is 4.10. The van der Waals surface area contributed by atoms with E-state index >= 15 is 4.39 Å². The highest BCUT2D eigenvalue weighted by molar-refractivity contribution is 6.04. The average Bonchev–Trinajstić information content (AvgIpc) is 3.27. The summed E-state index contributed by atoms with van der Waals surface area (Å²) in [5, 5.41) is 10.3. The number of halogens is 1. The Balaban J connectivity index is 1.56. The van der Waals surface area contributed by atoms with E-state index in [2.05, 4.69) is 20.7 Å². The third-order valence-corrected chi connectivity index (χ3v) is 5.83. The minimum absolute atomic E-state index is 0.00842. The van der Waals surface area contributed by atoms with Crippen molar-refractivity contribution in [1.82, 2.24) is 20.1 Å². The highest BCUT2D eigenvalue weighted by atomic mass is 19.1. The first kappa shape index (κ1) is 16.7. The van der Waals surface area contributed by atoms with Crippen molar-refractivity contribution in [2.45, 2.75) is 63.2 Å². The van der Waals surface area contributed by atoms with Crippen LogP contribution in [0.2, 0.25) is 0 Å². The van der Waals surface area contributed by atoms with Gasteiger partial charge in [-0.1, -0.05) is 12.8 Å².